The van der Waals surface area contributed by atoms with E-state index in [-0.39, 0.29) is 18.8 Å². The first-order valence-corrected chi connectivity index (χ1v) is 7.82. The topological polar surface area (TPSA) is 104 Å². The first-order valence-electron chi connectivity index (χ1n) is 6.50. The highest BCUT2D eigenvalue weighted by Crippen LogP contribution is 2.14. The summed E-state index contributed by atoms with van der Waals surface area (Å²) in [6.45, 7) is -0.594. The van der Waals surface area contributed by atoms with E-state index in [4.69, 9.17) is 0 Å². The fourth-order valence-electron chi connectivity index (χ4n) is 1.52. The summed E-state index contributed by atoms with van der Waals surface area (Å²) in [5, 5.41) is 3.85. The number of amides is 3. The molecule has 1 aromatic carbocycles. The summed E-state index contributed by atoms with van der Waals surface area (Å²) in [6, 6.07) is 5.98. The summed E-state index contributed by atoms with van der Waals surface area (Å²) in [5.41, 5.74) is 1.00. The van der Waals surface area contributed by atoms with Gasteiger partial charge in [0.25, 0.3) is 5.91 Å². The van der Waals surface area contributed by atoms with Crippen molar-refractivity contribution in [3.05, 3.63) is 35.4 Å². The highest BCUT2D eigenvalue weighted by atomic mass is 32.2. The summed E-state index contributed by atoms with van der Waals surface area (Å²) in [5.74, 6) is -2.66. The molecule has 7 nitrogen and oxygen atoms in total. The van der Waals surface area contributed by atoms with Gasteiger partial charge in [-0.25, -0.2) is 4.21 Å². The standard InChI is InChI=1S/C13H14F3N3O4S/c14-13(15,16)12(22)18-5-9-1-3-10(4-2-9)7-24(23)19-11(21)6-17-8-20/h1-4,8H,5-7H2,(H,17,20)(H,18,22)(H,19,21). The number of alkyl halides is 3. The van der Waals surface area contributed by atoms with E-state index in [1.807, 2.05) is 0 Å². The van der Waals surface area contributed by atoms with E-state index in [9.17, 15) is 31.8 Å². The van der Waals surface area contributed by atoms with Crippen molar-refractivity contribution >= 4 is 29.2 Å². The molecule has 11 heteroatoms. The number of hydrogen-bond donors (Lipinski definition) is 3. The van der Waals surface area contributed by atoms with Gasteiger partial charge in [0.2, 0.25) is 6.41 Å². The van der Waals surface area contributed by atoms with Crippen LogP contribution in [0.15, 0.2) is 24.3 Å². The highest BCUT2D eigenvalue weighted by Gasteiger charge is 2.38. The number of benzene rings is 1. The zero-order valence-electron chi connectivity index (χ0n) is 12.2. The van der Waals surface area contributed by atoms with Gasteiger partial charge in [-0.15, -0.1) is 0 Å². The van der Waals surface area contributed by atoms with E-state index < -0.39 is 29.0 Å². The first kappa shape index (κ1) is 19.6. The number of hydrogen-bond acceptors (Lipinski definition) is 4. The summed E-state index contributed by atoms with van der Waals surface area (Å²) < 4.78 is 50.0. The third kappa shape index (κ3) is 7.22. The SMILES string of the molecule is O=CNCC(=O)NS(=O)Cc1ccc(CNC(=O)C(F)(F)F)cc1. The van der Waals surface area contributed by atoms with E-state index >= 15 is 0 Å². The van der Waals surface area contributed by atoms with Crippen molar-refractivity contribution < 1.29 is 31.8 Å². The Kier molecular flexibility index (Phi) is 7.36. The largest absolute Gasteiger partial charge is 0.471 e. The predicted molar refractivity (Wildman–Crippen MR) is 78.4 cm³/mol. The van der Waals surface area contributed by atoms with Crippen molar-refractivity contribution in [1.29, 1.82) is 0 Å². The van der Waals surface area contributed by atoms with Crippen molar-refractivity contribution in [3.63, 3.8) is 0 Å². The maximum Gasteiger partial charge on any atom is 0.471 e. The quantitative estimate of drug-likeness (QED) is 0.559. The maximum absolute atomic E-state index is 12.0. The molecule has 1 atom stereocenters. The Hall–Kier alpha value is -2.43. The Morgan fingerprint density at radius 2 is 1.71 bits per heavy atom. The van der Waals surface area contributed by atoms with Crippen LogP contribution >= 0.6 is 0 Å². The molecule has 3 amide bonds. The van der Waals surface area contributed by atoms with Crippen LogP contribution in [-0.2, 0) is 37.7 Å². The fraction of sp³-hybridized carbons (Fsp3) is 0.308. The van der Waals surface area contributed by atoms with E-state index in [1.165, 1.54) is 24.3 Å². The predicted octanol–water partition coefficient (Wildman–Crippen LogP) is -0.109. The van der Waals surface area contributed by atoms with Crippen LogP contribution in [0.5, 0.6) is 0 Å². The average molecular weight is 365 g/mol. The lowest BCUT2D eigenvalue weighted by molar-refractivity contribution is -0.173. The Morgan fingerprint density at radius 3 is 2.25 bits per heavy atom. The van der Waals surface area contributed by atoms with Crippen molar-refractivity contribution in [2.75, 3.05) is 6.54 Å². The second-order valence-electron chi connectivity index (χ2n) is 4.51. The maximum atomic E-state index is 12.0. The van der Waals surface area contributed by atoms with Crippen LogP contribution in [0.4, 0.5) is 13.2 Å². The van der Waals surface area contributed by atoms with Gasteiger partial charge in [-0.1, -0.05) is 24.3 Å². The molecule has 0 saturated carbocycles. The number of nitrogens with one attached hydrogen (secondary N) is 3. The monoisotopic (exact) mass is 365 g/mol. The zero-order valence-corrected chi connectivity index (χ0v) is 13.0. The fourth-order valence-corrected chi connectivity index (χ4v) is 2.41. The first-order chi connectivity index (χ1) is 11.2. The van der Waals surface area contributed by atoms with Gasteiger partial charge in [-0.2, -0.15) is 13.2 Å². The third-order valence-corrected chi connectivity index (χ3v) is 3.66. The smallest absolute Gasteiger partial charge is 0.350 e. The summed E-state index contributed by atoms with van der Waals surface area (Å²) in [7, 11) is -1.71. The van der Waals surface area contributed by atoms with Gasteiger partial charge in [0, 0.05) is 6.54 Å². The molecule has 0 radical (unpaired) electrons. The van der Waals surface area contributed by atoms with E-state index in [1.54, 1.807) is 5.32 Å². The van der Waals surface area contributed by atoms with Gasteiger partial charge in [-0.3, -0.25) is 19.1 Å². The van der Waals surface area contributed by atoms with Gasteiger partial charge < -0.3 is 10.6 Å². The summed E-state index contributed by atoms with van der Waals surface area (Å²) >= 11 is 0. The van der Waals surface area contributed by atoms with Gasteiger partial charge in [0.15, 0.2) is 0 Å². The molecule has 0 aliphatic heterocycles. The normalized spacial score (nSPS) is 12.1. The summed E-state index contributed by atoms with van der Waals surface area (Å²) in [6.07, 6.45) is -4.60. The molecule has 132 valence electrons. The van der Waals surface area contributed by atoms with Crippen LogP contribution in [0.2, 0.25) is 0 Å². The Bertz CT molecular complexity index is 620. The minimum atomic E-state index is -4.94. The van der Waals surface area contributed by atoms with Crippen LogP contribution in [0.1, 0.15) is 11.1 Å². The van der Waals surface area contributed by atoms with Crippen LogP contribution < -0.4 is 15.4 Å². The molecule has 0 aliphatic carbocycles. The molecule has 1 unspecified atom stereocenters. The number of carbonyl (C=O) groups excluding carboxylic acids is 3. The molecule has 24 heavy (non-hydrogen) atoms. The Balaban J connectivity index is 2.47. The highest BCUT2D eigenvalue weighted by molar-refractivity contribution is 7.82. The lowest BCUT2D eigenvalue weighted by Gasteiger charge is -2.09. The Labute approximate surface area is 137 Å². The van der Waals surface area contributed by atoms with Gasteiger partial charge in [0.05, 0.1) is 12.3 Å². The van der Waals surface area contributed by atoms with Crippen molar-refractivity contribution in [3.8, 4) is 0 Å². The molecule has 3 N–H and O–H groups in total. The molecule has 1 rings (SSSR count). The minimum Gasteiger partial charge on any atom is -0.350 e. The second-order valence-corrected chi connectivity index (χ2v) is 5.69. The molecule has 0 aromatic heterocycles. The summed E-state index contributed by atoms with van der Waals surface area (Å²) in [4.78, 5) is 31.9. The molecule has 0 aliphatic rings. The minimum absolute atomic E-state index is 0.0119. The van der Waals surface area contributed by atoms with Crippen molar-refractivity contribution in [1.82, 2.24) is 15.4 Å². The van der Waals surface area contributed by atoms with Gasteiger partial charge in [0.1, 0.15) is 11.0 Å². The molecular weight excluding hydrogens is 351 g/mol. The number of carbonyl (C=O) groups is 3. The van der Waals surface area contributed by atoms with Gasteiger partial charge in [-0.05, 0) is 11.1 Å². The van der Waals surface area contributed by atoms with Crippen LogP contribution in [-0.4, -0.2) is 35.2 Å². The molecule has 0 spiro atoms. The molecule has 0 bridgehead atoms. The number of halogens is 3. The van der Waals surface area contributed by atoms with Crippen molar-refractivity contribution in [2.45, 2.75) is 18.5 Å². The number of rotatable bonds is 8. The lowest BCUT2D eigenvalue weighted by Crippen LogP contribution is -2.36. The van der Waals surface area contributed by atoms with Crippen LogP contribution in [0.3, 0.4) is 0 Å². The zero-order chi connectivity index (χ0) is 18.2. The van der Waals surface area contributed by atoms with E-state index in [0.717, 1.165) is 0 Å². The van der Waals surface area contributed by atoms with Crippen LogP contribution in [0.25, 0.3) is 0 Å². The van der Waals surface area contributed by atoms with Gasteiger partial charge >= 0.3 is 12.1 Å². The molecule has 0 fully saturated rings. The lowest BCUT2D eigenvalue weighted by atomic mass is 10.1. The molecule has 1 aromatic rings. The second kappa shape index (κ2) is 9.01. The molecule has 0 saturated heterocycles. The molecular formula is C13H14F3N3O4S. The molecule has 0 heterocycles. The van der Waals surface area contributed by atoms with Crippen molar-refractivity contribution in [2.24, 2.45) is 0 Å². The third-order valence-electron chi connectivity index (χ3n) is 2.60. The average Bonchev–Trinajstić information content (AvgIpc) is 2.50. The van der Waals surface area contributed by atoms with E-state index in [2.05, 4.69) is 10.0 Å². The van der Waals surface area contributed by atoms with E-state index in [0.29, 0.717) is 17.5 Å². The Morgan fingerprint density at radius 1 is 1.12 bits per heavy atom. The van der Waals surface area contributed by atoms with Crippen LogP contribution in [0, 0.1) is 0 Å².